The van der Waals surface area contributed by atoms with Gasteiger partial charge in [-0.3, -0.25) is 0 Å². The fraction of sp³-hybridized carbons (Fsp3) is 1.00. The van der Waals surface area contributed by atoms with E-state index in [2.05, 4.69) is 62.8 Å². The fourth-order valence-corrected chi connectivity index (χ4v) is 3.26. The van der Waals surface area contributed by atoms with E-state index in [-0.39, 0.29) is 27.6 Å². The molecular formula is C16H36Cl2N4NiO8. The van der Waals surface area contributed by atoms with Gasteiger partial charge in [-0.15, -0.1) is 20.5 Å². The Kier molecular flexibility index (Phi) is 19.0. The molecule has 0 unspecified atom stereocenters. The van der Waals surface area contributed by atoms with Crippen molar-refractivity contribution in [2.75, 3.05) is 26.2 Å². The SMILES string of the molecule is C[C@@H]1CC(C)(C)NCCN[C@@H](C)CC(C)(C)NCCN1.[Ni+2].[O-][Cl+3]([O-])([O-])[O-].[O-][Cl+3]([O-])([O-])[O-]. The first-order chi connectivity index (χ1) is 13.2. The summed E-state index contributed by atoms with van der Waals surface area (Å²) in [6, 6.07) is 1.08. The first-order valence-corrected chi connectivity index (χ1v) is 11.9. The molecule has 0 amide bonds. The summed E-state index contributed by atoms with van der Waals surface area (Å²) in [5.74, 6) is 0. The summed E-state index contributed by atoms with van der Waals surface area (Å²) in [4.78, 5) is 0. The van der Waals surface area contributed by atoms with Crippen LogP contribution in [0.25, 0.3) is 0 Å². The zero-order chi connectivity index (χ0) is 24.2. The van der Waals surface area contributed by atoms with Gasteiger partial charge < -0.3 is 21.3 Å². The molecule has 1 fully saturated rings. The zero-order valence-corrected chi connectivity index (χ0v) is 21.2. The molecular weight excluding hydrogens is 506 g/mol. The minimum atomic E-state index is -4.94. The van der Waals surface area contributed by atoms with E-state index in [1.165, 1.54) is 0 Å². The van der Waals surface area contributed by atoms with E-state index < -0.39 is 20.5 Å². The van der Waals surface area contributed by atoms with Crippen molar-refractivity contribution < 1.29 is 74.2 Å². The maximum atomic E-state index is 8.49. The molecule has 0 radical (unpaired) electrons. The van der Waals surface area contributed by atoms with Crippen molar-refractivity contribution in [1.29, 1.82) is 0 Å². The first-order valence-electron chi connectivity index (χ1n) is 9.40. The Balaban J connectivity index is -0.000000595. The van der Waals surface area contributed by atoms with Gasteiger partial charge in [-0.1, -0.05) is 0 Å². The average Bonchev–Trinajstić information content (AvgIpc) is 2.43. The Morgan fingerprint density at radius 3 is 1.03 bits per heavy atom. The molecule has 0 aromatic heterocycles. The normalized spacial score (nSPS) is 25.4. The van der Waals surface area contributed by atoms with Crippen LogP contribution in [0.3, 0.4) is 0 Å². The topological polar surface area (TPSA) is 233 Å². The van der Waals surface area contributed by atoms with Gasteiger partial charge in [-0.25, -0.2) is 37.3 Å². The van der Waals surface area contributed by atoms with Crippen molar-refractivity contribution in [3.8, 4) is 0 Å². The van der Waals surface area contributed by atoms with Gasteiger partial charge in [-0.05, 0) is 54.4 Å². The second-order valence-electron chi connectivity index (χ2n) is 8.50. The molecule has 31 heavy (non-hydrogen) atoms. The molecule has 12 nitrogen and oxygen atoms in total. The third-order valence-corrected chi connectivity index (χ3v) is 4.08. The molecule has 1 rings (SSSR count). The monoisotopic (exact) mass is 540 g/mol. The second-order valence-corrected chi connectivity index (χ2v) is 10.0. The van der Waals surface area contributed by atoms with Crippen molar-refractivity contribution >= 4 is 0 Å². The second kappa shape index (κ2) is 16.3. The van der Waals surface area contributed by atoms with Crippen LogP contribution >= 0.6 is 0 Å². The van der Waals surface area contributed by atoms with E-state index >= 15 is 0 Å². The van der Waals surface area contributed by atoms with Crippen molar-refractivity contribution in [2.45, 2.75) is 77.5 Å². The molecule has 0 aromatic carbocycles. The third-order valence-electron chi connectivity index (χ3n) is 4.08. The minimum absolute atomic E-state index is 0. The van der Waals surface area contributed by atoms with Crippen molar-refractivity contribution in [2.24, 2.45) is 0 Å². The van der Waals surface area contributed by atoms with Crippen LogP contribution in [0, 0.1) is 20.5 Å². The molecule has 4 N–H and O–H groups in total. The number of nitrogens with one attached hydrogen (secondary N) is 4. The molecule has 0 aliphatic carbocycles. The molecule has 0 aromatic rings. The molecule has 0 spiro atoms. The summed E-state index contributed by atoms with van der Waals surface area (Å²) >= 11 is 0. The largest absolute Gasteiger partial charge is 2.00 e. The predicted octanol–water partition coefficient (Wildman–Crippen LogP) is -8.04. The smallest absolute Gasteiger partial charge is 0.313 e. The van der Waals surface area contributed by atoms with Crippen LogP contribution in [0.2, 0.25) is 0 Å². The number of halogens is 2. The summed E-state index contributed by atoms with van der Waals surface area (Å²) in [6.45, 7) is 17.8. The summed E-state index contributed by atoms with van der Waals surface area (Å²) in [5.41, 5.74) is 0.377. The number of hydrogen-bond acceptors (Lipinski definition) is 12. The minimum Gasteiger partial charge on any atom is -0.313 e. The Labute approximate surface area is 199 Å². The van der Waals surface area contributed by atoms with Gasteiger partial charge in [-0.2, -0.15) is 0 Å². The maximum absolute atomic E-state index is 8.49. The summed E-state index contributed by atoms with van der Waals surface area (Å²) in [6.07, 6.45) is 2.29. The van der Waals surface area contributed by atoms with E-state index in [0.29, 0.717) is 12.1 Å². The van der Waals surface area contributed by atoms with Crippen LogP contribution in [-0.2, 0) is 16.5 Å². The third kappa shape index (κ3) is 35.4. The van der Waals surface area contributed by atoms with Crippen molar-refractivity contribution in [3.05, 3.63) is 0 Å². The molecule has 0 bridgehead atoms. The van der Waals surface area contributed by atoms with E-state index in [4.69, 9.17) is 37.3 Å². The summed E-state index contributed by atoms with van der Waals surface area (Å²) in [5, 5.41) is 14.6. The molecule has 192 valence electrons. The number of hydrogen-bond donors (Lipinski definition) is 4. The van der Waals surface area contributed by atoms with Crippen LogP contribution in [0.15, 0.2) is 0 Å². The summed E-state index contributed by atoms with van der Waals surface area (Å²) in [7, 11) is -9.89. The zero-order valence-electron chi connectivity index (χ0n) is 18.7. The standard InChI is InChI=1S/C16H36N4.2ClHO4.Ni/c1-13-11-15(3,4)19-10-8-18-14(2)12-16(5,6)20-9-7-17-13;2*2-1(3,4)5;/h13-14,17-20H,7-12H2,1-6H3;2*(H,2,3,4,5);/q;;;+2/p-2/t13-,14+;;;. The van der Waals surface area contributed by atoms with Crippen LogP contribution < -0.4 is 58.5 Å². The Bertz CT molecular complexity index is 402. The fourth-order valence-electron chi connectivity index (χ4n) is 3.26. The van der Waals surface area contributed by atoms with Gasteiger partial charge in [0.25, 0.3) is 0 Å². The average molecular weight is 542 g/mol. The van der Waals surface area contributed by atoms with Crippen LogP contribution in [-0.4, -0.2) is 49.3 Å². The van der Waals surface area contributed by atoms with Gasteiger partial charge in [0.2, 0.25) is 0 Å². The Hall–Kier alpha value is 0.594. The van der Waals surface area contributed by atoms with Crippen LogP contribution in [0.1, 0.15) is 54.4 Å². The van der Waals surface area contributed by atoms with Crippen LogP contribution in [0.5, 0.6) is 0 Å². The van der Waals surface area contributed by atoms with Gasteiger partial charge in [0.15, 0.2) is 0 Å². The first kappa shape index (κ1) is 36.2. The van der Waals surface area contributed by atoms with Gasteiger partial charge >= 0.3 is 16.5 Å². The Morgan fingerprint density at radius 1 is 0.581 bits per heavy atom. The van der Waals surface area contributed by atoms with Crippen LogP contribution in [0.4, 0.5) is 0 Å². The van der Waals surface area contributed by atoms with Crippen molar-refractivity contribution in [1.82, 2.24) is 21.3 Å². The molecule has 1 aliphatic heterocycles. The quantitative estimate of drug-likeness (QED) is 0.209. The summed E-state index contributed by atoms with van der Waals surface area (Å²) < 4.78 is 67.9. The Morgan fingerprint density at radius 2 is 0.806 bits per heavy atom. The predicted molar refractivity (Wildman–Crippen MR) is 88.3 cm³/mol. The molecule has 1 heterocycles. The van der Waals surface area contributed by atoms with Gasteiger partial charge in [0.05, 0.1) is 0 Å². The van der Waals surface area contributed by atoms with Gasteiger partial charge in [0.1, 0.15) is 0 Å². The van der Waals surface area contributed by atoms with Crippen molar-refractivity contribution in [3.63, 3.8) is 0 Å². The molecule has 2 atom stereocenters. The maximum Gasteiger partial charge on any atom is 2.00 e. The molecule has 15 heteroatoms. The number of rotatable bonds is 0. The van der Waals surface area contributed by atoms with E-state index in [1.807, 2.05) is 0 Å². The van der Waals surface area contributed by atoms with E-state index in [1.54, 1.807) is 0 Å². The molecule has 1 aliphatic rings. The van der Waals surface area contributed by atoms with E-state index in [0.717, 1.165) is 39.0 Å². The van der Waals surface area contributed by atoms with Gasteiger partial charge in [0, 0.05) is 49.3 Å². The van der Waals surface area contributed by atoms with E-state index in [9.17, 15) is 0 Å². The molecule has 0 saturated carbocycles. The molecule has 1 saturated heterocycles.